The van der Waals surface area contributed by atoms with Gasteiger partial charge < -0.3 is 0 Å². The third-order valence-electron chi connectivity index (χ3n) is 3.87. The number of benzene rings is 1. The Bertz CT molecular complexity index is 389. The quantitative estimate of drug-likeness (QED) is 0.601. The van der Waals surface area contributed by atoms with Gasteiger partial charge in [0.15, 0.2) is 0 Å². The molecule has 0 aliphatic heterocycles. The van der Waals surface area contributed by atoms with Gasteiger partial charge in [0, 0.05) is 15.0 Å². The third-order valence-corrected chi connectivity index (χ3v) is 4.79. The summed E-state index contributed by atoms with van der Waals surface area (Å²) in [5, 5.41) is 0. The predicted molar refractivity (Wildman–Crippen MR) is 83.0 cm³/mol. The maximum atomic E-state index is 5.80. The smallest absolute Gasteiger partial charge is 0.0489 e. The second kappa shape index (κ2) is 6.51. The molecule has 1 aromatic carbocycles. The molecule has 0 saturated heterocycles. The molecule has 1 aromatic rings. The molecule has 1 saturated carbocycles. The summed E-state index contributed by atoms with van der Waals surface area (Å²) < 4.78 is 2.19. The van der Waals surface area contributed by atoms with Crippen molar-refractivity contribution in [2.24, 2.45) is 17.7 Å². The van der Waals surface area contributed by atoms with E-state index in [-0.39, 0.29) is 6.04 Å². The summed E-state index contributed by atoms with van der Waals surface area (Å²) in [4.78, 5) is 0. The molecule has 0 radical (unpaired) electrons. The topological polar surface area (TPSA) is 38.0 Å². The summed E-state index contributed by atoms with van der Waals surface area (Å²) in [5.74, 6) is 7.25. The third kappa shape index (κ3) is 3.56. The van der Waals surface area contributed by atoms with E-state index in [1.807, 2.05) is 0 Å². The Morgan fingerprint density at radius 1 is 1.22 bits per heavy atom. The molecule has 1 fully saturated rings. The fraction of sp³-hybridized carbons (Fsp3) is 0.571. The van der Waals surface area contributed by atoms with E-state index >= 15 is 0 Å². The largest absolute Gasteiger partial charge is 0.271 e. The van der Waals surface area contributed by atoms with Crippen molar-refractivity contribution in [2.75, 3.05) is 0 Å². The molecule has 2 nitrogen and oxygen atoms in total. The van der Waals surface area contributed by atoms with Gasteiger partial charge in [-0.3, -0.25) is 11.3 Å². The molecule has 0 aromatic heterocycles. The van der Waals surface area contributed by atoms with Crippen LogP contribution in [-0.2, 0) is 0 Å². The second-order valence-corrected chi connectivity index (χ2v) is 7.21. The number of nitrogens with one attached hydrogen (secondary N) is 1. The molecule has 0 bridgehead atoms. The first kappa shape index (κ1) is 14.5. The Hall–Kier alpha value is 0.1000. The summed E-state index contributed by atoms with van der Waals surface area (Å²) in [7, 11) is 0. The zero-order chi connectivity index (χ0) is 13.1. The zero-order valence-electron chi connectivity index (χ0n) is 10.6. The fourth-order valence-corrected chi connectivity index (χ4v) is 4.37. The minimum atomic E-state index is 0.251. The molecule has 18 heavy (non-hydrogen) atoms. The molecule has 3 N–H and O–H groups in total. The lowest BCUT2D eigenvalue weighted by atomic mass is 9.77. The molecule has 3 unspecified atom stereocenters. The van der Waals surface area contributed by atoms with Crippen LogP contribution in [0.25, 0.3) is 0 Å². The fourth-order valence-electron chi connectivity index (χ4n) is 3.04. The lowest BCUT2D eigenvalue weighted by molar-refractivity contribution is 0.224. The Morgan fingerprint density at radius 2 is 1.89 bits per heavy atom. The van der Waals surface area contributed by atoms with E-state index in [1.165, 1.54) is 31.2 Å². The molecule has 4 heteroatoms. The number of hydrogen-bond donors (Lipinski definition) is 2. The van der Waals surface area contributed by atoms with Gasteiger partial charge in [-0.2, -0.15) is 0 Å². The van der Waals surface area contributed by atoms with Gasteiger partial charge in [-0.25, -0.2) is 0 Å². The molecule has 100 valence electrons. The van der Waals surface area contributed by atoms with Crippen LogP contribution in [0.3, 0.4) is 0 Å². The monoisotopic (exact) mass is 374 g/mol. The van der Waals surface area contributed by atoms with Crippen LogP contribution in [-0.4, -0.2) is 0 Å². The van der Waals surface area contributed by atoms with E-state index in [1.54, 1.807) is 0 Å². The lowest BCUT2D eigenvalue weighted by Crippen LogP contribution is -2.35. The van der Waals surface area contributed by atoms with Gasteiger partial charge in [0.25, 0.3) is 0 Å². The molecule has 1 aliphatic carbocycles. The summed E-state index contributed by atoms with van der Waals surface area (Å²) in [6.45, 7) is 2.34. The van der Waals surface area contributed by atoms with Gasteiger partial charge >= 0.3 is 0 Å². The maximum absolute atomic E-state index is 5.80. The Morgan fingerprint density at radius 3 is 2.44 bits per heavy atom. The number of nitrogens with two attached hydrogens (primary N) is 1. The standard InChI is InChI=1S/C14H20Br2N2/c1-9-3-2-4-10(5-9)14(18-17)11-6-12(15)8-13(16)7-11/h6-10,14,18H,2-5,17H2,1H3. The highest BCUT2D eigenvalue weighted by Crippen LogP contribution is 2.38. The highest BCUT2D eigenvalue weighted by Gasteiger charge is 2.27. The minimum absolute atomic E-state index is 0.251. The van der Waals surface area contributed by atoms with Gasteiger partial charge in [-0.05, 0) is 48.4 Å². The van der Waals surface area contributed by atoms with Crippen molar-refractivity contribution in [3.05, 3.63) is 32.7 Å². The van der Waals surface area contributed by atoms with E-state index in [2.05, 4.69) is 62.4 Å². The minimum Gasteiger partial charge on any atom is -0.271 e. The highest BCUT2D eigenvalue weighted by atomic mass is 79.9. The first-order valence-corrected chi connectivity index (χ1v) is 8.11. The molecule has 1 aliphatic rings. The maximum Gasteiger partial charge on any atom is 0.0489 e. The van der Waals surface area contributed by atoms with Crippen LogP contribution >= 0.6 is 31.9 Å². The number of halogens is 2. The van der Waals surface area contributed by atoms with E-state index in [0.29, 0.717) is 5.92 Å². The molecule has 3 atom stereocenters. The van der Waals surface area contributed by atoms with Crippen molar-refractivity contribution < 1.29 is 0 Å². The normalized spacial score (nSPS) is 26.0. The average Bonchev–Trinajstić information content (AvgIpc) is 2.28. The van der Waals surface area contributed by atoms with Gasteiger partial charge in [0.05, 0.1) is 0 Å². The lowest BCUT2D eigenvalue weighted by Gasteiger charge is -2.33. The van der Waals surface area contributed by atoms with E-state index < -0.39 is 0 Å². The van der Waals surface area contributed by atoms with Crippen molar-refractivity contribution in [1.29, 1.82) is 0 Å². The molecular formula is C14H20Br2N2. The van der Waals surface area contributed by atoms with Gasteiger partial charge in [0.1, 0.15) is 0 Å². The van der Waals surface area contributed by atoms with Gasteiger partial charge in [-0.15, -0.1) is 0 Å². The molecule has 2 rings (SSSR count). The Labute approximate surface area is 126 Å². The van der Waals surface area contributed by atoms with E-state index in [0.717, 1.165) is 14.9 Å². The summed E-state index contributed by atoms with van der Waals surface area (Å²) in [5.41, 5.74) is 4.28. The Kier molecular flexibility index (Phi) is 5.24. The van der Waals surface area contributed by atoms with E-state index in [9.17, 15) is 0 Å². The van der Waals surface area contributed by atoms with Crippen LogP contribution in [0.15, 0.2) is 27.1 Å². The van der Waals surface area contributed by atoms with Crippen LogP contribution in [0.5, 0.6) is 0 Å². The molecule has 0 heterocycles. The number of hydrazine groups is 1. The Balaban J connectivity index is 2.21. The highest BCUT2D eigenvalue weighted by molar-refractivity contribution is 9.11. The van der Waals surface area contributed by atoms with Crippen molar-refractivity contribution in [3.63, 3.8) is 0 Å². The molecule has 0 amide bonds. The van der Waals surface area contributed by atoms with Crippen molar-refractivity contribution in [2.45, 2.75) is 38.6 Å². The summed E-state index contributed by atoms with van der Waals surface area (Å²) in [6, 6.07) is 6.63. The summed E-state index contributed by atoms with van der Waals surface area (Å²) in [6.07, 6.45) is 5.21. The van der Waals surface area contributed by atoms with Crippen molar-refractivity contribution in [3.8, 4) is 0 Å². The van der Waals surface area contributed by atoms with E-state index in [4.69, 9.17) is 5.84 Å². The predicted octanol–water partition coefficient (Wildman–Crippen LogP) is 4.54. The second-order valence-electron chi connectivity index (χ2n) is 5.38. The van der Waals surface area contributed by atoms with Crippen molar-refractivity contribution >= 4 is 31.9 Å². The molecular weight excluding hydrogens is 356 g/mol. The van der Waals surface area contributed by atoms with Crippen LogP contribution in [0, 0.1) is 11.8 Å². The SMILES string of the molecule is CC1CCCC(C(NN)c2cc(Br)cc(Br)c2)C1. The summed E-state index contributed by atoms with van der Waals surface area (Å²) >= 11 is 7.10. The average molecular weight is 376 g/mol. The number of hydrogen-bond acceptors (Lipinski definition) is 2. The molecule has 0 spiro atoms. The van der Waals surface area contributed by atoms with Crippen molar-refractivity contribution in [1.82, 2.24) is 5.43 Å². The van der Waals surface area contributed by atoms with Crippen LogP contribution in [0.2, 0.25) is 0 Å². The number of rotatable bonds is 3. The first-order valence-electron chi connectivity index (χ1n) is 6.52. The van der Waals surface area contributed by atoms with Crippen LogP contribution < -0.4 is 11.3 Å². The van der Waals surface area contributed by atoms with Gasteiger partial charge in [-0.1, -0.05) is 51.6 Å². The van der Waals surface area contributed by atoms with Crippen LogP contribution in [0.4, 0.5) is 0 Å². The van der Waals surface area contributed by atoms with Gasteiger partial charge in [0.2, 0.25) is 0 Å². The van der Waals surface area contributed by atoms with Crippen LogP contribution in [0.1, 0.15) is 44.2 Å². The zero-order valence-corrected chi connectivity index (χ0v) is 13.8. The first-order chi connectivity index (χ1) is 8.60.